The lowest BCUT2D eigenvalue weighted by atomic mass is 9.98. The summed E-state index contributed by atoms with van der Waals surface area (Å²) in [7, 11) is 1.39. The summed E-state index contributed by atoms with van der Waals surface area (Å²) < 4.78 is 14.1. The Hall–Kier alpha value is -6.53. The quantitative estimate of drug-likeness (QED) is 0.179. The first-order valence-corrected chi connectivity index (χ1v) is 15.7. The first-order valence-electron chi connectivity index (χ1n) is 15.7. The molecule has 0 N–H and O–H groups in total. The topological polar surface area (TPSA) is 70.2 Å². The lowest BCUT2D eigenvalue weighted by Crippen LogP contribution is -2.03. The van der Waals surface area contributed by atoms with Gasteiger partial charge in [0.1, 0.15) is 16.8 Å². The zero-order chi connectivity index (χ0) is 32.2. The van der Waals surface area contributed by atoms with Crippen LogP contribution in [0.5, 0.6) is 0 Å². The van der Waals surface area contributed by atoms with Gasteiger partial charge >= 0.3 is 5.97 Å². The zero-order valence-corrected chi connectivity index (χ0v) is 25.9. The molecule has 0 fully saturated rings. The molecule has 0 aliphatic heterocycles. The van der Waals surface area contributed by atoms with E-state index in [2.05, 4.69) is 71.3 Å². The van der Waals surface area contributed by atoms with Gasteiger partial charge in [0, 0.05) is 38.5 Å². The summed E-state index contributed by atoms with van der Waals surface area (Å²) in [4.78, 5) is 23.1. The number of ether oxygens (including phenoxy) is 1. The molecule has 0 amide bonds. The number of hydrogen-bond donors (Lipinski definition) is 0. The van der Waals surface area contributed by atoms with Crippen LogP contribution in [0.3, 0.4) is 0 Å². The van der Waals surface area contributed by atoms with Crippen molar-refractivity contribution in [3.63, 3.8) is 0 Å². The molecule has 0 aliphatic rings. The van der Waals surface area contributed by atoms with E-state index in [4.69, 9.17) is 19.1 Å². The number of para-hydroxylation sites is 3. The van der Waals surface area contributed by atoms with E-state index in [1.807, 2.05) is 72.8 Å². The number of rotatable bonds is 5. The molecule has 0 aliphatic carbocycles. The van der Waals surface area contributed by atoms with E-state index in [9.17, 15) is 4.79 Å². The second-order valence-corrected chi connectivity index (χ2v) is 11.7. The molecule has 0 unspecified atom stereocenters. The molecule has 3 heterocycles. The first kappa shape index (κ1) is 27.8. The average molecular weight is 622 g/mol. The predicted molar refractivity (Wildman–Crippen MR) is 191 cm³/mol. The number of fused-ring (bicyclic) bond motifs is 6. The smallest absolute Gasteiger partial charge is 0.338 e. The molecule has 9 rings (SSSR count). The van der Waals surface area contributed by atoms with Gasteiger partial charge in [0.15, 0.2) is 11.4 Å². The first-order chi connectivity index (χ1) is 23.7. The summed E-state index contributed by atoms with van der Waals surface area (Å²) in [6, 6.07) is 48.7. The molecule has 6 heteroatoms. The van der Waals surface area contributed by atoms with Crippen LogP contribution in [-0.4, -0.2) is 27.6 Å². The maximum Gasteiger partial charge on any atom is 0.338 e. The lowest BCUT2D eigenvalue weighted by Gasteiger charge is -2.11. The Morgan fingerprint density at radius 3 is 2.00 bits per heavy atom. The van der Waals surface area contributed by atoms with Crippen LogP contribution in [0.4, 0.5) is 0 Å². The summed E-state index contributed by atoms with van der Waals surface area (Å²) in [5.74, 6) is 0.181. The highest BCUT2D eigenvalue weighted by Gasteiger charge is 2.22. The van der Waals surface area contributed by atoms with Crippen LogP contribution in [0.1, 0.15) is 10.4 Å². The Bertz CT molecular complexity index is 2630. The number of methoxy groups -OCH3 is 1. The van der Waals surface area contributed by atoms with Crippen LogP contribution in [0.2, 0.25) is 0 Å². The average Bonchev–Trinajstić information content (AvgIpc) is 3.71. The molecular weight excluding hydrogens is 594 g/mol. The van der Waals surface area contributed by atoms with Gasteiger partial charge in [-0.1, -0.05) is 109 Å². The van der Waals surface area contributed by atoms with Crippen molar-refractivity contribution in [2.75, 3.05) is 7.11 Å². The van der Waals surface area contributed by atoms with Gasteiger partial charge in [0.05, 0.1) is 23.7 Å². The third-order valence-corrected chi connectivity index (χ3v) is 8.95. The van der Waals surface area contributed by atoms with E-state index in [-0.39, 0.29) is 0 Å². The van der Waals surface area contributed by atoms with Gasteiger partial charge in [0.25, 0.3) is 0 Å². The zero-order valence-electron chi connectivity index (χ0n) is 25.9. The van der Waals surface area contributed by atoms with Crippen molar-refractivity contribution in [1.29, 1.82) is 0 Å². The molecule has 0 radical (unpaired) electrons. The number of furan rings is 1. The molecule has 6 aromatic carbocycles. The molecule has 0 saturated carbocycles. The highest BCUT2D eigenvalue weighted by Crippen LogP contribution is 2.41. The van der Waals surface area contributed by atoms with Crippen molar-refractivity contribution in [3.05, 3.63) is 151 Å². The summed E-state index contributed by atoms with van der Waals surface area (Å²) in [6.07, 6.45) is 0. The van der Waals surface area contributed by atoms with Gasteiger partial charge < -0.3 is 13.7 Å². The number of carbonyl (C=O) groups excluding carboxylic acids is 1. The van der Waals surface area contributed by atoms with Gasteiger partial charge in [-0.2, -0.15) is 0 Å². The second kappa shape index (κ2) is 11.1. The van der Waals surface area contributed by atoms with Gasteiger partial charge in [-0.05, 0) is 42.0 Å². The minimum Gasteiger partial charge on any atom is -0.465 e. The molecule has 0 atom stereocenters. The Kier molecular flexibility index (Phi) is 6.40. The maximum absolute atomic E-state index is 12.7. The molecule has 0 spiro atoms. The van der Waals surface area contributed by atoms with E-state index in [1.165, 1.54) is 17.9 Å². The number of benzene rings is 6. The molecule has 0 bridgehead atoms. The normalized spacial score (nSPS) is 11.5. The standard InChI is InChI=1S/C42H27N3O3/c1-47-42(46)33-20-6-5-17-29(33)32-21-12-22-34-38-40(48-39(32)34)37(26-13-3-2-4-14-26)43-41(44-38)27-15-11-16-28(25-27)45-35-23-9-7-18-30(35)31-19-8-10-24-36(31)45/h2-25H,1H3. The van der Waals surface area contributed by atoms with Crippen molar-refractivity contribution in [1.82, 2.24) is 14.5 Å². The molecule has 0 saturated heterocycles. The van der Waals surface area contributed by atoms with Crippen molar-refractivity contribution in [3.8, 4) is 39.5 Å². The van der Waals surface area contributed by atoms with Gasteiger partial charge in [-0.15, -0.1) is 0 Å². The number of hydrogen-bond acceptors (Lipinski definition) is 5. The maximum atomic E-state index is 12.7. The van der Waals surface area contributed by atoms with Crippen LogP contribution in [0.15, 0.2) is 150 Å². The SMILES string of the molecule is COC(=O)c1ccccc1-c1cccc2c1oc1c(-c3ccccc3)nc(-c3cccc(-n4c5ccccc5c5ccccc54)c3)nc12. The molecule has 3 aromatic heterocycles. The van der Waals surface area contributed by atoms with Crippen LogP contribution in [-0.2, 0) is 4.74 Å². The second-order valence-electron chi connectivity index (χ2n) is 11.7. The molecule has 228 valence electrons. The summed E-state index contributed by atoms with van der Waals surface area (Å²) in [5.41, 5.74) is 9.68. The third kappa shape index (κ3) is 4.31. The Morgan fingerprint density at radius 1 is 0.604 bits per heavy atom. The Morgan fingerprint density at radius 2 is 1.23 bits per heavy atom. The molecular formula is C42H27N3O3. The minimum atomic E-state index is -0.408. The number of aromatic nitrogens is 3. The highest BCUT2D eigenvalue weighted by molar-refractivity contribution is 6.13. The van der Waals surface area contributed by atoms with E-state index < -0.39 is 5.97 Å². The lowest BCUT2D eigenvalue weighted by molar-refractivity contribution is 0.0601. The largest absolute Gasteiger partial charge is 0.465 e. The summed E-state index contributed by atoms with van der Waals surface area (Å²) in [6.45, 7) is 0. The minimum absolute atomic E-state index is 0.408. The van der Waals surface area contributed by atoms with Crippen LogP contribution in [0.25, 0.3) is 83.3 Å². The third-order valence-electron chi connectivity index (χ3n) is 8.95. The van der Waals surface area contributed by atoms with Crippen molar-refractivity contribution in [2.24, 2.45) is 0 Å². The van der Waals surface area contributed by atoms with Gasteiger partial charge in [-0.3, -0.25) is 0 Å². The predicted octanol–water partition coefficient (Wildman–Crippen LogP) is 10.3. The molecule has 9 aromatic rings. The number of nitrogens with zero attached hydrogens (tertiary/aromatic N) is 3. The summed E-state index contributed by atoms with van der Waals surface area (Å²) >= 11 is 0. The number of carbonyl (C=O) groups is 1. The van der Waals surface area contributed by atoms with E-state index >= 15 is 0 Å². The van der Waals surface area contributed by atoms with Crippen LogP contribution >= 0.6 is 0 Å². The van der Waals surface area contributed by atoms with Crippen molar-refractivity contribution in [2.45, 2.75) is 0 Å². The fourth-order valence-corrected chi connectivity index (χ4v) is 6.79. The highest BCUT2D eigenvalue weighted by atomic mass is 16.5. The van der Waals surface area contributed by atoms with Gasteiger partial charge in [-0.25, -0.2) is 14.8 Å². The fourth-order valence-electron chi connectivity index (χ4n) is 6.79. The Balaban J connectivity index is 1.29. The van der Waals surface area contributed by atoms with E-state index in [0.717, 1.165) is 44.4 Å². The van der Waals surface area contributed by atoms with E-state index in [0.29, 0.717) is 33.8 Å². The number of esters is 1. The van der Waals surface area contributed by atoms with Gasteiger partial charge in [0.2, 0.25) is 0 Å². The molecule has 48 heavy (non-hydrogen) atoms. The van der Waals surface area contributed by atoms with Crippen LogP contribution < -0.4 is 0 Å². The fraction of sp³-hybridized carbons (Fsp3) is 0.0238. The van der Waals surface area contributed by atoms with Crippen molar-refractivity contribution < 1.29 is 13.9 Å². The van der Waals surface area contributed by atoms with Crippen molar-refractivity contribution >= 4 is 49.8 Å². The van der Waals surface area contributed by atoms with E-state index in [1.54, 1.807) is 6.07 Å². The summed E-state index contributed by atoms with van der Waals surface area (Å²) in [5, 5.41) is 3.25. The molecule has 6 nitrogen and oxygen atoms in total. The monoisotopic (exact) mass is 621 g/mol. The Labute approximate surface area is 275 Å². The van der Waals surface area contributed by atoms with Crippen LogP contribution in [0, 0.1) is 0 Å².